The molecule has 0 radical (unpaired) electrons. The molecule has 3 aromatic carbocycles. The molecule has 0 unspecified atom stereocenters. The Balaban J connectivity index is 1.24. The van der Waals surface area contributed by atoms with Crippen LogP contribution in [0.5, 0.6) is 17.2 Å². The van der Waals surface area contributed by atoms with E-state index in [4.69, 9.17) is 14.2 Å². The monoisotopic (exact) mass is 670 g/mol. The number of carbonyl (C=O) groups is 1. The summed E-state index contributed by atoms with van der Waals surface area (Å²) < 4.78 is 17.3. The lowest BCUT2D eigenvalue weighted by Gasteiger charge is -2.08. The SMILES string of the molecule is CCCCCCCCCCCCCCCCOc1ccc(C(=O)Oc2ccc(N=Nc3ccc(OCCCCCCCC)cc3)cc2)cc1. The first-order valence-electron chi connectivity index (χ1n) is 19.4. The van der Waals surface area contributed by atoms with Crippen LogP contribution in [0.25, 0.3) is 0 Å². The summed E-state index contributed by atoms with van der Waals surface area (Å²) in [7, 11) is 0. The lowest BCUT2D eigenvalue weighted by Crippen LogP contribution is -2.08. The van der Waals surface area contributed by atoms with Crippen molar-refractivity contribution in [2.24, 2.45) is 10.2 Å². The van der Waals surface area contributed by atoms with Gasteiger partial charge in [-0.25, -0.2) is 4.79 Å². The molecular formula is C43H62N2O4. The number of hydrogen-bond acceptors (Lipinski definition) is 6. The molecule has 0 aromatic heterocycles. The normalized spacial score (nSPS) is 11.2. The molecule has 49 heavy (non-hydrogen) atoms. The van der Waals surface area contributed by atoms with Crippen molar-refractivity contribution in [3.05, 3.63) is 78.4 Å². The minimum atomic E-state index is -0.410. The lowest BCUT2D eigenvalue weighted by atomic mass is 10.0. The van der Waals surface area contributed by atoms with Gasteiger partial charge in [0.25, 0.3) is 0 Å². The second-order valence-corrected chi connectivity index (χ2v) is 13.2. The summed E-state index contributed by atoms with van der Waals surface area (Å²) in [6.07, 6.45) is 26.3. The van der Waals surface area contributed by atoms with Crippen LogP contribution in [0.4, 0.5) is 11.4 Å². The Bertz CT molecular complexity index is 1270. The predicted octanol–water partition coefficient (Wildman–Crippen LogP) is 13.9. The van der Waals surface area contributed by atoms with E-state index in [1.54, 1.807) is 36.4 Å². The van der Waals surface area contributed by atoms with Gasteiger partial charge in [-0.2, -0.15) is 10.2 Å². The summed E-state index contributed by atoms with van der Waals surface area (Å²) in [6.45, 7) is 5.95. The number of esters is 1. The molecule has 0 saturated heterocycles. The summed E-state index contributed by atoms with van der Waals surface area (Å²) in [6, 6.07) is 21.8. The van der Waals surface area contributed by atoms with Gasteiger partial charge in [0.05, 0.1) is 30.2 Å². The average Bonchev–Trinajstić information content (AvgIpc) is 3.13. The van der Waals surface area contributed by atoms with E-state index in [0.717, 1.165) is 36.6 Å². The van der Waals surface area contributed by atoms with Crippen molar-refractivity contribution in [1.29, 1.82) is 0 Å². The predicted molar refractivity (Wildman–Crippen MR) is 203 cm³/mol. The Labute approximate surface area is 297 Å². The molecule has 0 aliphatic rings. The zero-order valence-corrected chi connectivity index (χ0v) is 30.5. The highest BCUT2D eigenvalue weighted by Gasteiger charge is 2.09. The molecule has 0 N–H and O–H groups in total. The van der Waals surface area contributed by atoms with Crippen molar-refractivity contribution in [1.82, 2.24) is 0 Å². The van der Waals surface area contributed by atoms with Crippen LogP contribution in [-0.2, 0) is 0 Å². The minimum absolute atomic E-state index is 0.410. The van der Waals surface area contributed by atoms with E-state index in [1.165, 1.54) is 116 Å². The van der Waals surface area contributed by atoms with Gasteiger partial charge in [0.1, 0.15) is 17.2 Å². The highest BCUT2D eigenvalue weighted by atomic mass is 16.5. The van der Waals surface area contributed by atoms with E-state index >= 15 is 0 Å². The molecule has 0 saturated carbocycles. The summed E-state index contributed by atoms with van der Waals surface area (Å²) in [5.41, 5.74) is 1.89. The van der Waals surface area contributed by atoms with Crippen LogP contribution in [0, 0.1) is 0 Å². The van der Waals surface area contributed by atoms with E-state index in [1.807, 2.05) is 36.4 Å². The van der Waals surface area contributed by atoms with Gasteiger partial charge in [0.15, 0.2) is 0 Å². The molecule has 0 fully saturated rings. The molecule has 0 aliphatic heterocycles. The fourth-order valence-electron chi connectivity index (χ4n) is 5.72. The zero-order valence-electron chi connectivity index (χ0n) is 30.5. The Kier molecular flexibility index (Phi) is 21.3. The third-order valence-electron chi connectivity index (χ3n) is 8.79. The van der Waals surface area contributed by atoms with Gasteiger partial charge in [-0.1, -0.05) is 129 Å². The van der Waals surface area contributed by atoms with Crippen LogP contribution in [0.1, 0.15) is 153 Å². The maximum atomic E-state index is 12.7. The molecule has 0 spiro atoms. The van der Waals surface area contributed by atoms with E-state index in [2.05, 4.69) is 24.1 Å². The summed E-state index contributed by atoms with van der Waals surface area (Å²) >= 11 is 0. The second kappa shape index (κ2) is 26.2. The first-order chi connectivity index (χ1) is 24.2. The summed E-state index contributed by atoms with van der Waals surface area (Å²) in [5.74, 6) is 1.66. The first-order valence-corrected chi connectivity index (χ1v) is 19.4. The number of nitrogens with zero attached hydrogens (tertiary/aromatic N) is 2. The van der Waals surface area contributed by atoms with Crippen LogP contribution in [0.15, 0.2) is 83.0 Å². The number of benzene rings is 3. The van der Waals surface area contributed by atoms with Crippen LogP contribution in [0.2, 0.25) is 0 Å². The fraction of sp³-hybridized carbons (Fsp3) is 0.558. The van der Waals surface area contributed by atoms with Crippen LogP contribution in [-0.4, -0.2) is 19.2 Å². The van der Waals surface area contributed by atoms with Crippen molar-refractivity contribution in [3.8, 4) is 17.2 Å². The number of azo groups is 1. The number of carbonyl (C=O) groups excluding carboxylic acids is 1. The fourth-order valence-corrected chi connectivity index (χ4v) is 5.72. The smallest absolute Gasteiger partial charge is 0.343 e. The van der Waals surface area contributed by atoms with Crippen LogP contribution < -0.4 is 14.2 Å². The van der Waals surface area contributed by atoms with Crippen molar-refractivity contribution in [2.45, 2.75) is 142 Å². The Morgan fingerprint density at radius 2 is 0.755 bits per heavy atom. The molecule has 6 heteroatoms. The molecule has 0 bridgehead atoms. The van der Waals surface area contributed by atoms with Crippen molar-refractivity contribution in [2.75, 3.05) is 13.2 Å². The Morgan fingerprint density at radius 1 is 0.429 bits per heavy atom. The molecule has 3 rings (SSSR count). The highest BCUT2D eigenvalue weighted by Crippen LogP contribution is 2.24. The molecule has 0 heterocycles. The maximum absolute atomic E-state index is 12.7. The highest BCUT2D eigenvalue weighted by molar-refractivity contribution is 5.91. The van der Waals surface area contributed by atoms with E-state index in [0.29, 0.717) is 23.6 Å². The topological polar surface area (TPSA) is 69.5 Å². The number of ether oxygens (including phenoxy) is 3. The van der Waals surface area contributed by atoms with Crippen LogP contribution >= 0.6 is 0 Å². The van der Waals surface area contributed by atoms with Gasteiger partial charge in [0.2, 0.25) is 0 Å². The zero-order chi connectivity index (χ0) is 34.6. The van der Waals surface area contributed by atoms with Crippen molar-refractivity contribution in [3.63, 3.8) is 0 Å². The van der Waals surface area contributed by atoms with E-state index in [-0.39, 0.29) is 0 Å². The Morgan fingerprint density at radius 3 is 1.14 bits per heavy atom. The maximum Gasteiger partial charge on any atom is 0.343 e. The largest absolute Gasteiger partial charge is 0.494 e. The van der Waals surface area contributed by atoms with Gasteiger partial charge >= 0.3 is 5.97 Å². The van der Waals surface area contributed by atoms with Gasteiger partial charge in [-0.3, -0.25) is 0 Å². The quantitative estimate of drug-likeness (QED) is 0.0334. The van der Waals surface area contributed by atoms with Gasteiger partial charge in [0, 0.05) is 0 Å². The molecule has 3 aromatic rings. The van der Waals surface area contributed by atoms with E-state index < -0.39 is 5.97 Å². The number of hydrogen-bond donors (Lipinski definition) is 0. The number of rotatable bonds is 28. The number of unbranched alkanes of at least 4 members (excludes halogenated alkanes) is 18. The molecule has 268 valence electrons. The van der Waals surface area contributed by atoms with Gasteiger partial charge in [-0.15, -0.1) is 0 Å². The first kappa shape index (κ1) is 39.8. The second-order valence-electron chi connectivity index (χ2n) is 13.2. The molecule has 0 atom stereocenters. The third-order valence-corrected chi connectivity index (χ3v) is 8.79. The van der Waals surface area contributed by atoms with E-state index in [9.17, 15) is 4.79 Å². The van der Waals surface area contributed by atoms with Gasteiger partial charge < -0.3 is 14.2 Å². The molecule has 6 nitrogen and oxygen atoms in total. The van der Waals surface area contributed by atoms with Gasteiger partial charge in [-0.05, 0) is 85.6 Å². The third kappa shape index (κ3) is 18.6. The molecular weight excluding hydrogens is 608 g/mol. The lowest BCUT2D eigenvalue weighted by molar-refractivity contribution is 0.0734. The van der Waals surface area contributed by atoms with Crippen molar-refractivity contribution >= 4 is 17.3 Å². The standard InChI is InChI=1S/C43H62N2O4/c1-3-5-7-9-11-12-13-14-15-16-17-18-20-22-35-47-40-29-23-37(24-30-40)43(46)49-42-33-27-39(28-34-42)45-44-38-25-31-41(32-26-38)48-36-21-19-10-8-6-4-2/h23-34H,3-22,35-36H2,1-2H3. The van der Waals surface area contributed by atoms with Crippen LogP contribution in [0.3, 0.4) is 0 Å². The molecule has 0 amide bonds. The minimum Gasteiger partial charge on any atom is -0.494 e. The average molecular weight is 671 g/mol. The summed E-state index contributed by atoms with van der Waals surface area (Å²) in [5, 5.41) is 8.62. The van der Waals surface area contributed by atoms with Crippen molar-refractivity contribution < 1.29 is 19.0 Å². The Hall–Kier alpha value is -3.67. The molecule has 0 aliphatic carbocycles. The summed E-state index contributed by atoms with van der Waals surface area (Å²) in [4.78, 5) is 12.7.